The highest BCUT2D eigenvalue weighted by Crippen LogP contribution is 1.82. The molecular formula is C7H14N2O2S. The zero-order chi connectivity index (χ0) is 9.40. The van der Waals surface area contributed by atoms with E-state index in [2.05, 4.69) is 23.3 Å². The van der Waals surface area contributed by atoms with Crippen molar-refractivity contribution in [3.63, 3.8) is 0 Å². The molecule has 0 aromatic carbocycles. The molecule has 0 radical (unpaired) electrons. The largest absolute Gasteiger partial charge is 0.355 e. The molecule has 0 aromatic rings. The van der Waals surface area contributed by atoms with E-state index in [0.29, 0.717) is 18.7 Å². The average molecular weight is 190 g/mol. The normalized spacial score (nSPS) is 9.17. The molecule has 0 heterocycles. The van der Waals surface area contributed by atoms with E-state index in [-0.39, 0.29) is 18.4 Å². The molecule has 0 rings (SSSR count). The van der Waals surface area contributed by atoms with Gasteiger partial charge in [-0.25, -0.2) is 0 Å². The molecule has 0 aliphatic carbocycles. The highest BCUT2D eigenvalue weighted by Gasteiger charge is 2.02. The molecule has 0 unspecified atom stereocenters. The van der Waals surface area contributed by atoms with E-state index >= 15 is 0 Å². The van der Waals surface area contributed by atoms with Gasteiger partial charge in [-0.1, -0.05) is 0 Å². The first-order valence-electron chi connectivity index (χ1n) is 3.85. The highest BCUT2D eigenvalue weighted by molar-refractivity contribution is 7.80. The number of rotatable bonds is 5. The molecule has 0 atom stereocenters. The second-order valence-electron chi connectivity index (χ2n) is 2.20. The zero-order valence-electron chi connectivity index (χ0n) is 7.09. The van der Waals surface area contributed by atoms with Crippen LogP contribution in [0.15, 0.2) is 0 Å². The average Bonchev–Trinajstić information content (AvgIpc) is 2.02. The molecule has 0 fully saturated rings. The van der Waals surface area contributed by atoms with E-state index in [0.717, 1.165) is 0 Å². The van der Waals surface area contributed by atoms with Crippen molar-refractivity contribution in [2.24, 2.45) is 0 Å². The third kappa shape index (κ3) is 6.03. The maximum Gasteiger partial charge on any atom is 0.239 e. The number of hydrogen-bond donors (Lipinski definition) is 3. The van der Waals surface area contributed by atoms with Gasteiger partial charge in [0.2, 0.25) is 11.8 Å². The van der Waals surface area contributed by atoms with Crippen LogP contribution in [0.25, 0.3) is 0 Å². The van der Waals surface area contributed by atoms with Gasteiger partial charge >= 0.3 is 0 Å². The molecule has 0 bridgehead atoms. The zero-order valence-corrected chi connectivity index (χ0v) is 7.99. The SMILES string of the molecule is CCNC(=O)CNC(=O)CCS. The Morgan fingerprint density at radius 2 is 1.92 bits per heavy atom. The fourth-order valence-corrected chi connectivity index (χ4v) is 0.832. The lowest BCUT2D eigenvalue weighted by atomic mass is 10.4. The van der Waals surface area contributed by atoms with Crippen molar-refractivity contribution in [2.75, 3.05) is 18.8 Å². The summed E-state index contributed by atoms with van der Waals surface area (Å²) in [6, 6.07) is 0. The molecule has 2 N–H and O–H groups in total. The Bertz CT molecular complexity index is 143. The van der Waals surface area contributed by atoms with E-state index < -0.39 is 0 Å². The number of hydrogen-bond acceptors (Lipinski definition) is 3. The minimum Gasteiger partial charge on any atom is -0.355 e. The summed E-state index contributed by atoms with van der Waals surface area (Å²) in [7, 11) is 0. The molecule has 2 amide bonds. The molecule has 0 aliphatic heterocycles. The van der Waals surface area contributed by atoms with Gasteiger partial charge in [-0.2, -0.15) is 12.6 Å². The van der Waals surface area contributed by atoms with Gasteiger partial charge in [0.1, 0.15) is 0 Å². The van der Waals surface area contributed by atoms with Crippen molar-refractivity contribution in [2.45, 2.75) is 13.3 Å². The van der Waals surface area contributed by atoms with Crippen LogP contribution in [0, 0.1) is 0 Å². The summed E-state index contributed by atoms with van der Waals surface area (Å²) in [6.07, 6.45) is 0.350. The fraction of sp³-hybridized carbons (Fsp3) is 0.714. The second kappa shape index (κ2) is 6.97. The monoisotopic (exact) mass is 190 g/mol. The number of likely N-dealkylation sites (N-methyl/N-ethyl adjacent to an activating group) is 1. The van der Waals surface area contributed by atoms with Crippen LogP contribution in [0.1, 0.15) is 13.3 Å². The summed E-state index contributed by atoms with van der Waals surface area (Å²) in [4.78, 5) is 21.6. The first-order chi connectivity index (χ1) is 5.70. The lowest BCUT2D eigenvalue weighted by Gasteiger charge is -2.03. The van der Waals surface area contributed by atoms with Crippen LogP contribution in [0.4, 0.5) is 0 Å². The molecule has 5 heteroatoms. The van der Waals surface area contributed by atoms with Crippen molar-refractivity contribution >= 4 is 24.4 Å². The van der Waals surface area contributed by atoms with Crippen LogP contribution in [-0.4, -0.2) is 30.7 Å². The van der Waals surface area contributed by atoms with Crippen molar-refractivity contribution in [1.82, 2.24) is 10.6 Å². The lowest BCUT2D eigenvalue weighted by Crippen LogP contribution is -2.36. The molecule has 12 heavy (non-hydrogen) atoms. The third-order valence-corrected chi connectivity index (χ3v) is 1.38. The molecular weight excluding hydrogens is 176 g/mol. The van der Waals surface area contributed by atoms with Crippen LogP contribution >= 0.6 is 12.6 Å². The summed E-state index contributed by atoms with van der Waals surface area (Å²) >= 11 is 3.88. The maximum absolute atomic E-state index is 10.8. The van der Waals surface area contributed by atoms with Crippen LogP contribution in [0.5, 0.6) is 0 Å². The van der Waals surface area contributed by atoms with Gasteiger partial charge in [0, 0.05) is 13.0 Å². The topological polar surface area (TPSA) is 58.2 Å². The van der Waals surface area contributed by atoms with Gasteiger partial charge in [-0.15, -0.1) is 0 Å². The Hall–Kier alpha value is -0.710. The molecule has 70 valence electrons. The smallest absolute Gasteiger partial charge is 0.239 e. The van der Waals surface area contributed by atoms with Crippen LogP contribution in [0.2, 0.25) is 0 Å². The van der Waals surface area contributed by atoms with Crippen LogP contribution < -0.4 is 10.6 Å². The van der Waals surface area contributed by atoms with E-state index in [4.69, 9.17) is 0 Å². The summed E-state index contributed by atoms with van der Waals surface area (Å²) in [5.74, 6) is 0.197. The standard InChI is InChI=1S/C7H14N2O2S/c1-2-8-7(11)5-9-6(10)3-4-12/h12H,2-5H2,1H3,(H,8,11)(H,9,10). The quantitative estimate of drug-likeness (QED) is 0.515. The predicted octanol–water partition coefficient (Wildman–Crippen LogP) is -0.441. The fourth-order valence-electron chi connectivity index (χ4n) is 0.628. The molecule has 0 spiro atoms. The number of thiol groups is 1. The van der Waals surface area contributed by atoms with Crippen LogP contribution in [0.3, 0.4) is 0 Å². The van der Waals surface area contributed by atoms with Crippen LogP contribution in [-0.2, 0) is 9.59 Å². The summed E-state index contributed by atoms with van der Waals surface area (Å²) in [5.41, 5.74) is 0. The van der Waals surface area contributed by atoms with E-state index in [1.165, 1.54) is 0 Å². The maximum atomic E-state index is 10.8. The van der Waals surface area contributed by atoms with E-state index in [1.54, 1.807) is 0 Å². The summed E-state index contributed by atoms with van der Waals surface area (Å²) in [5, 5.41) is 5.04. The summed E-state index contributed by atoms with van der Waals surface area (Å²) in [6.45, 7) is 2.47. The van der Waals surface area contributed by atoms with Gasteiger partial charge in [-0.05, 0) is 12.7 Å². The van der Waals surface area contributed by atoms with Crippen molar-refractivity contribution < 1.29 is 9.59 Å². The number of carbonyl (C=O) groups is 2. The molecule has 0 aliphatic rings. The Morgan fingerprint density at radius 3 is 2.42 bits per heavy atom. The summed E-state index contributed by atoms with van der Waals surface area (Å²) < 4.78 is 0. The van der Waals surface area contributed by atoms with Gasteiger partial charge in [0.05, 0.1) is 6.54 Å². The second-order valence-corrected chi connectivity index (χ2v) is 2.65. The number of amides is 2. The minimum absolute atomic E-state index is 0.0560. The van der Waals surface area contributed by atoms with Gasteiger partial charge in [0.15, 0.2) is 0 Å². The Balaban J connectivity index is 3.40. The van der Waals surface area contributed by atoms with Gasteiger partial charge in [-0.3, -0.25) is 9.59 Å². The number of nitrogens with one attached hydrogen (secondary N) is 2. The highest BCUT2D eigenvalue weighted by atomic mass is 32.1. The number of carbonyl (C=O) groups excluding carboxylic acids is 2. The van der Waals surface area contributed by atoms with Crippen molar-refractivity contribution in [3.8, 4) is 0 Å². The first kappa shape index (κ1) is 11.3. The first-order valence-corrected chi connectivity index (χ1v) is 4.48. The predicted molar refractivity (Wildman–Crippen MR) is 50.2 cm³/mol. The Labute approximate surface area is 77.5 Å². The van der Waals surface area contributed by atoms with Crippen molar-refractivity contribution in [3.05, 3.63) is 0 Å². The Kier molecular flexibility index (Phi) is 6.55. The van der Waals surface area contributed by atoms with Gasteiger partial charge in [0.25, 0.3) is 0 Å². The molecule has 4 nitrogen and oxygen atoms in total. The minimum atomic E-state index is -0.162. The van der Waals surface area contributed by atoms with E-state index in [9.17, 15) is 9.59 Å². The third-order valence-electron chi connectivity index (χ3n) is 1.16. The molecule has 0 saturated heterocycles. The lowest BCUT2D eigenvalue weighted by molar-refractivity contribution is -0.125. The molecule has 0 saturated carbocycles. The van der Waals surface area contributed by atoms with Gasteiger partial charge < -0.3 is 10.6 Å². The van der Waals surface area contributed by atoms with E-state index in [1.807, 2.05) is 6.92 Å². The molecule has 0 aromatic heterocycles. The van der Waals surface area contributed by atoms with Crippen molar-refractivity contribution in [1.29, 1.82) is 0 Å². The Morgan fingerprint density at radius 1 is 1.25 bits per heavy atom.